The molecule has 2 unspecified atom stereocenters. The molecule has 6 nitrogen and oxygen atoms in total. The van der Waals surface area contributed by atoms with Gasteiger partial charge in [-0.1, -0.05) is 34.6 Å². The molecule has 0 N–H and O–H groups in total. The molecule has 0 aliphatic rings. The zero-order chi connectivity index (χ0) is 34.7. The van der Waals surface area contributed by atoms with Crippen LogP contribution >= 0.6 is 8.15 Å². The van der Waals surface area contributed by atoms with Crippen molar-refractivity contribution >= 4 is 8.15 Å². The summed E-state index contributed by atoms with van der Waals surface area (Å²) in [5, 5.41) is 0. The Morgan fingerprint density at radius 1 is 0.455 bits per heavy atom. The molecule has 0 aliphatic heterocycles. The Bertz CT molecular complexity index is 787. The van der Waals surface area contributed by atoms with Crippen LogP contribution in [0, 0.1) is 5.41 Å². The minimum Gasteiger partial charge on any atom is -0.376 e. The Hall–Kier alpha value is 0.190. The average molecular weight is 649 g/mol. The number of hydrogen-bond acceptors (Lipinski definition) is 6. The van der Waals surface area contributed by atoms with Gasteiger partial charge in [0.15, 0.2) is 0 Å². The number of rotatable bonds is 25. The van der Waals surface area contributed by atoms with Crippen LogP contribution in [0.5, 0.6) is 0 Å². The van der Waals surface area contributed by atoms with E-state index in [1.165, 1.54) is 0 Å². The van der Waals surface area contributed by atoms with E-state index in [2.05, 4.69) is 124 Å². The predicted octanol–water partition coefficient (Wildman–Crippen LogP) is 10.6. The molecule has 0 radical (unpaired) electrons. The van der Waals surface area contributed by atoms with Crippen molar-refractivity contribution in [2.75, 3.05) is 39.7 Å². The molecule has 0 heterocycles. The molecule has 0 aromatic rings. The van der Waals surface area contributed by atoms with Crippen LogP contribution in [-0.2, 0) is 28.2 Å². The van der Waals surface area contributed by atoms with Crippen LogP contribution in [0.2, 0.25) is 0 Å². The lowest BCUT2D eigenvalue weighted by Crippen LogP contribution is -2.45. The van der Waals surface area contributed by atoms with Gasteiger partial charge in [-0.15, -0.1) is 0 Å². The van der Waals surface area contributed by atoms with Gasteiger partial charge in [-0.2, -0.15) is 0 Å². The smallest absolute Gasteiger partial charge is 0.0691 e. The lowest BCUT2D eigenvalue weighted by Gasteiger charge is -2.43. The van der Waals surface area contributed by atoms with Crippen LogP contribution < -0.4 is 0 Å². The van der Waals surface area contributed by atoms with Crippen molar-refractivity contribution in [3.05, 3.63) is 0 Å². The SMILES string of the molecule is CCC(C)(C)OCCC(C)(C)OCC(COC(C)(C)C(C)(C)CCOC(C)(C)CC)P(C)OC(C)(C)CCOC(C)(C)CC. The molecule has 0 spiro atoms. The maximum Gasteiger partial charge on any atom is 0.0691 e. The minimum absolute atomic E-state index is 0.0784. The Kier molecular flexibility index (Phi) is 18.2. The Morgan fingerprint density at radius 3 is 1.23 bits per heavy atom. The standard InChI is InChI=1S/C37H77O6P/c1-19-32(6,7)38-25-22-31(4,5)37(16,17)42-29-30(28-41-35(12,13)23-26-39-33(8,9)20-2)44(18)43-36(14,15)24-27-40-34(10,11)21-3/h30H,19-29H2,1-18H3. The lowest BCUT2D eigenvalue weighted by atomic mass is 9.74. The monoisotopic (exact) mass is 649 g/mol. The van der Waals surface area contributed by atoms with Crippen molar-refractivity contribution in [3.8, 4) is 0 Å². The van der Waals surface area contributed by atoms with Crippen LogP contribution in [0.1, 0.15) is 156 Å². The van der Waals surface area contributed by atoms with Gasteiger partial charge in [0.2, 0.25) is 0 Å². The van der Waals surface area contributed by atoms with Crippen LogP contribution in [0.15, 0.2) is 0 Å². The summed E-state index contributed by atoms with van der Waals surface area (Å²) in [6, 6.07) is 0. The molecule has 0 aliphatic carbocycles. The summed E-state index contributed by atoms with van der Waals surface area (Å²) in [5.41, 5.74) is -1.27. The van der Waals surface area contributed by atoms with E-state index in [1.807, 2.05) is 0 Å². The van der Waals surface area contributed by atoms with E-state index in [4.69, 9.17) is 28.2 Å². The first-order chi connectivity index (χ1) is 19.7. The van der Waals surface area contributed by atoms with Gasteiger partial charge in [0, 0.05) is 14.8 Å². The maximum absolute atomic E-state index is 6.80. The fourth-order valence-corrected chi connectivity index (χ4v) is 5.59. The predicted molar refractivity (Wildman–Crippen MR) is 190 cm³/mol. The van der Waals surface area contributed by atoms with Crippen molar-refractivity contribution in [2.24, 2.45) is 5.41 Å². The molecule has 0 saturated carbocycles. The zero-order valence-electron chi connectivity index (χ0n) is 32.8. The van der Waals surface area contributed by atoms with Gasteiger partial charge < -0.3 is 28.2 Å². The highest BCUT2D eigenvalue weighted by Gasteiger charge is 2.40. The van der Waals surface area contributed by atoms with Crippen LogP contribution in [0.4, 0.5) is 0 Å². The van der Waals surface area contributed by atoms with Crippen LogP contribution in [0.25, 0.3) is 0 Å². The van der Waals surface area contributed by atoms with Crippen molar-refractivity contribution < 1.29 is 28.2 Å². The second kappa shape index (κ2) is 18.1. The minimum atomic E-state index is -0.847. The number of ether oxygens (including phenoxy) is 5. The first-order valence-electron chi connectivity index (χ1n) is 17.4. The Balaban J connectivity index is 5.59. The van der Waals surface area contributed by atoms with E-state index in [9.17, 15) is 0 Å². The van der Waals surface area contributed by atoms with E-state index in [-0.39, 0.29) is 44.7 Å². The first kappa shape index (κ1) is 44.2. The normalized spacial score (nSPS) is 16.0. The summed E-state index contributed by atoms with van der Waals surface area (Å²) in [4.78, 5) is 0. The molecular formula is C37H77O6P. The fraction of sp³-hybridized carbons (Fsp3) is 1.00. The summed E-state index contributed by atoms with van der Waals surface area (Å²) < 4.78 is 38.7. The third-order valence-corrected chi connectivity index (χ3v) is 12.1. The summed E-state index contributed by atoms with van der Waals surface area (Å²) in [5.74, 6) is 0. The fourth-order valence-electron chi connectivity index (χ4n) is 4.00. The third kappa shape index (κ3) is 17.9. The maximum atomic E-state index is 6.80. The van der Waals surface area contributed by atoms with Crippen molar-refractivity contribution in [2.45, 2.75) is 195 Å². The molecule has 7 heteroatoms. The highest BCUT2D eigenvalue weighted by Crippen LogP contribution is 2.46. The molecule has 0 rings (SSSR count). The van der Waals surface area contributed by atoms with E-state index >= 15 is 0 Å². The third-order valence-electron chi connectivity index (χ3n) is 10.0. The van der Waals surface area contributed by atoms with Crippen LogP contribution in [-0.4, -0.2) is 79.0 Å². The van der Waals surface area contributed by atoms with Gasteiger partial charge in [0.05, 0.1) is 65.7 Å². The summed E-state index contributed by atoms with van der Waals surface area (Å²) >= 11 is 0. The lowest BCUT2D eigenvalue weighted by molar-refractivity contribution is -0.123. The van der Waals surface area contributed by atoms with Gasteiger partial charge in [-0.25, -0.2) is 0 Å². The van der Waals surface area contributed by atoms with Crippen LogP contribution in [0.3, 0.4) is 0 Å². The molecule has 266 valence electrons. The molecule has 0 amide bonds. The summed E-state index contributed by atoms with van der Waals surface area (Å²) in [7, 11) is -0.847. The van der Waals surface area contributed by atoms with Gasteiger partial charge >= 0.3 is 0 Å². The molecule has 0 saturated heterocycles. The average Bonchev–Trinajstić information content (AvgIpc) is 2.87. The quantitative estimate of drug-likeness (QED) is 0.0918. The van der Waals surface area contributed by atoms with Crippen molar-refractivity contribution in [1.82, 2.24) is 0 Å². The molecule has 0 aromatic carbocycles. The molecule has 2 atom stereocenters. The highest BCUT2D eigenvalue weighted by molar-refractivity contribution is 7.52. The van der Waals surface area contributed by atoms with E-state index < -0.39 is 8.15 Å². The van der Waals surface area contributed by atoms with E-state index in [0.29, 0.717) is 33.0 Å². The van der Waals surface area contributed by atoms with Crippen molar-refractivity contribution in [1.29, 1.82) is 0 Å². The zero-order valence-corrected chi connectivity index (χ0v) is 33.6. The summed E-state index contributed by atoms with van der Waals surface area (Å²) in [6.07, 6.45) is 5.54. The second-order valence-electron chi connectivity index (χ2n) is 17.0. The molecular weight excluding hydrogens is 571 g/mol. The highest BCUT2D eigenvalue weighted by atomic mass is 31.1. The topological polar surface area (TPSA) is 55.4 Å². The molecule has 44 heavy (non-hydrogen) atoms. The van der Waals surface area contributed by atoms with Gasteiger partial charge in [0.25, 0.3) is 0 Å². The molecule has 0 bridgehead atoms. The molecule has 0 aromatic heterocycles. The second-order valence-corrected chi connectivity index (χ2v) is 19.0. The Labute approximate surface area is 276 Å². The van der Waals surface area contributed by atoms with Crippen molar-refractivity contribution in [3.63, 3.8) is 0 Å². The van der Waals surface area contributed by atoms with Gasteiger partial charge in [-0.05, 0) is 134 Å². The summed E-state index contributed by atoms with van der Waals surface area (Å²) in [6.45, 7) is 42.5. The number of hydrogen-bond donors (Lipinski definition) is 0. The van der Waals surface area contributed by atoms with E-state index in [1.54, 1.807) is 0 Å². The largest absolute Gasteiger partial charge is 0.376 e. The van der Waals surface area contributed by atoms with E-state index in [0.717, 1.165) is 38.5 Å². The van der Waals surface area contributed by atoms with Gasteiger partial charge in [-0.3, -0.25) is 0 Å². The first-order valence-corrected chi connectivity index (χ1v) is 19.1. The molecule has 0 fully saturated rings. The Morgan fingerprint density at radius 2 is 0.818 bits per heavy atom. The van der Waals surface area contributed by atoms with Gasteiger partial charge in [0.1, 0.15) is 0 Å².